The van der Waals surface area contributed by atoms with Crippen LogP contribution in [0.2, 0.25) is 0 Å². The Morgan fingerprint density at radius 3 is 2.25 bits per heavy atom. The number of hydrogen-bond donors (Lipinski definition) is 0. The summed E-state index contributed by atoms with van der Waals surface area (Å²) < 4.78 is 9.90. The summed E-state index contributed by atoms with van der Waals surface area (Å²) in [5.74, 6) is -1.71. The summed E-state index contributed by atoms with van der Waals surface area (Å²) in [6.07, 6.45) is 3.00. The van der Waals surface area contributed by atoms with E-state index in [0.717, 1.165) is 0 Å². The van der Waals surface area contributed by atoms with E-state index >= 15 is 0 Å². The molecule has 0 saturated carbocycles. The Labute approximate surface area is 115 Å². The van der Waals surface area contributed by atoms with Gasteiger partial charge in [-0.2, -0.15) is 0 Å². The second-order valence-corrected chi connectivity index (χ2v) is 4.03. The maximum absolute atomic E-state index is 12.3. The summed E-state index contributed by atoms with van der Waals surface area (Å²) in [4.78, 5) is 36.3. The lowest BCUT2D eigenvalue weighted by Gasteiger charge is -2.21. The van der Waals surface area contributed by atoms with Crippen molar-refractivity contribution in [3.63, 3.8) is 0 Å². The van der Waals surface area contributed by atoms with Gasteiger partial charge >= 0.3 is 0 Å². The van der Waals surface area contributed by atoms with E-state index < -0.39 is 11.7 Å². The predicted molar refractivity (Wildman–Crippen MR) is 69.3 cm³/mol. The lowest BCUT2D eigenvalue weighted by molar-refractivity contribution is -0.124. The first kappa shape index (κ1) is 13.9. The summed E-state index contributed by atoms with van der Waals surface area (Å²) >= 11 is 0. The van der Waals surface area contributed by atoms with Crippen molar-refractivity contribution in [3.8, 4) is 0 Å². The van der Waals surface area contributed by atoms with Crippen LogP contribution in [0.1, 0.15) is 6.92 Å². The zero-order valence-corrected chi connectivity index (χ0v) is 11.3. The summed E-state index contributed by atoms with van der Waals surface area (Å²) in [6.45, 7) is 1.58. The van der Waals surface area contributed by atoms with Crippen LogP contribution in [-0.2, 0) is 19.1 Å². The molecule has 0 fully saturated rings. The van der Waals surface area contributed by atoms with E-state index in [2.05, 4.69) is 15.0 Å². The van der Waals surface area contributed by atoms with Crippen LogP contribution in [0, 0.1) is 5.92 Å². The lowest BCUT2D eigenvalue weighted by Crippen LogP contribution is -2.37. The van der Waals surface area contributed by atoms with Crippen molar-refractivity contribution in [1.29, 1.82) is 0 Å². The van der Waals surface area contributed by atoms with Gasteiger partial charge in [0.05, 0.1) is 20.1 Å². The van der Waals surface area contributed by atoms with E-state index in [1.807, 2.05) is 0 Å². The minimum absolute atomic E-state index is 0.0406. The fraction of sp³-hybridized carbons (Fsp3) is 0.308. The molecule has 0 amide bonds. The normalized spacial score (nSPS) is 21.4. The Morgan fingerprint density at radius 2 is 1.70 bits per heavy atom. The fourth-order valence-corrected chi connectivity index (χ4v) is 1.83. The maximum atomic E-state index is 12.3. The first-order valence-electron chi connectivity index (χ1n) is 5.87. The molecule has 1 atom stereocenters. The van der Waals surface area contributed by atoms with E-state index in [-0.39, 0.29) is 29.0 Å². The number of carbonyl (C=O) groups is 2. The summed E-state index contributed by atoms with van der Waals surface area (Å²) in [6, 6.07) is 1.63. The van der Waals surface area contributed by atoms with Gasteiger partial charge in [-0.15, -0.1) is 0 Å². The SMILES string of the molecule is COC1=C(OC)C(=O)C(C)C(=Nc2ncccn2)C1=O. The molecule has 20 heavy (non-hydrogen) atoms. The van der Waals surface area contributed by atoms with Gasteiger partial charge in [0, 0.05) is 12.4 Å². The van der Waals surface area contributed by atoms with Crippen LogP contribution in [0.4, 0.5) is 5.95 Å². The van der Waals surface area contributed by atoms with Crippen LogP contribution in [0.25, 0.3) is 0 Å². The molecule has 7 heteroatoms. The topological polar surface area (TPSA) is 90.7 Å². The standard InChI is InChI=1S/C13H13N3O4/c1-7-8(16-13-14-5-4-6-15-13)10(18)12(20-3)11(19-2)9(7)17/h4-7H,1-3H3. The van der Waals surface area contributed by atoms with Gasteiger partial charge in [0.2, 0.25) is 29.0 Å². The van der Waals surface area contributed by atoms with Crippen LogP contribution in [0.15, 0.2) is 35.0 Å². The van der Waals surface area contributed by atoms with Gasteiger partial charge < -0.3 is 9.47 Å². The van der Waals surface area contributed by atoms with E-state index in [4.69, 9.17) is 9.47 Å². The number of rotatable bonds is 3. The highest BCUT2D eigenvalue weighted by atomic mass is 16.5. The maximum Gasteiger partial charge on any atom is 0.249 e. The summed E-state index contributed by atoms with van der Waals surface area (Å²) in [5.41, 5.74) is 0.0406. The quantitative estimate of drug-likeness (QED) is 0.811. The molecule has 0 radical (unpaired) electrons. The van der Waals surface area contributed by atoms with Gasteiger partial charge in [0.1, 0.15) is 5.71 Å². The van der Waals surface area contributed by atoms with Crippen molar-refractivity contribution in [2.24, 2.45) is 10.9 Å². The first-order valence-corrected chi connectivity index (χ1v) is 5.87. The molecule has 1 aromatic rings. The van der Waals surface area contributed by atoms with Crippen molar-refractivity contribution in [2.45, 2.75) is 6.92 Å². The Morgan fingerprint density at radius 1 is 1.10 bits per heavy atom. The molecule has 1 heterocycles. The highest BCUT2D eigenvalue weighted by Gasteiger charge is 2.40. The van der Waals surface area contributed by atoms with Crippen molar-refractivity contribution in [1.82, 2.24) is 9.97 Å². The molecule has 1 unspecified atom stereocenters. The number of aliphatic imine (C=N–C) groups is 1. The zero-order valence-electron chi connectivity index (χ0n) is 11.3. The van der Waals surface area contributed by atoms with Crippen LogP contribution in [0.3, 0.4) is 0 Å². The van der Waals surface area contributed by atoms with Crippen molar-refractivity contribution >= 4 is 23.2 Å². The Balaban J connectivity index is 2.52. The molecule has 2 rings (SSSR count). The van der Waals surface area contributed by atoms with Crippen LogP contribution >= 0.6 is 0 Å². The molecule has 0 saturated heterocycles. The highest BCUT2D eigenvalue weighted by molar-refractivity contribution is 6.52. The average Bonchev–Trinajstić information content (AvgIpc) is 2.48. The average molecular weight is 275 g/mol. The lowest BCUT2D eigenvalue weighted by atomic mass is 9.89. The molecule has 1 aromatic heterocycles. The fourth-order valence-electron chi connectivity index (χ4n) is 1.83. The number of ketones is 2. The van der Waals surface area contributed by atoms with Crippen LogP contribution in [0.5, 0.6) is 0 Å². The monoisotopic (exact) mass is 275 g/mol. The Kier molecular flexibility index (Phi) is 3.88. The number of ether oxygens (including phenoxy) is 2. The number of hydrogen-bond acceptors (Lipinski definition) is 7. The third-order valence-electron chi connectivity index (χ3n) is 2.85. The second-order valence-electron chi connectivity index (χ2n) is 4.03. The van der Waals surface area contributed by atoms with Gasteiger partial charge in [0.25, 0.3) is 0 Å². The number of aromatic nitrogens is 2. The van der Waals surface area contributed by atoms with E-state index in [9.17, 15) is 9.59 Å². The number of methoxy groups -OCH3 is 2. The molecule has 1 aliphatic rings. The second kappa shape index (κ2) is 5.60. The van der Waals surface area contributed by atoms with Gasteiger partial charge in [-0.3, -0.25) is 9.59 Å². The van der Waals surface area contributed by atoms with Gasteiger partial charge in [-0.25, -0.2) is 15.0 Å². The third kappa shape index (κ3) is 2.29. The molecule has 0 aromatic carbocycles. The minimum atomic E-state index is -0.736. The summed E-state index contributed by atoms with van der Waals surface area (Å²) in [7, 11) is 2.61. The zero-order chi connectivity index (χ0) is 14.7. The smallest absolute Gasteiger partial charge is 0.249 e. The number of allylic oxidation sites excluding steroid dienone is 2. The van der Waals surface area contributed by atoms with Gasteiger partial charge in [-0.1, -0.05) is 0 Å². The van der Waals surface area contributed by atoms with Crippen molar-refractivity contribution in [2.75, 3.05) is 14.2 Å². The van der Waals surface area contributed by atoms with E-state index in [1.165, 1.54) is 26.6 Å². The minimum Gasteiger partial charge on any atom is -0.490 e. The molecule has 1 aliphatic carbocycles. The highest BCUT2D eigenvalue weighted by Crippen LogP contribution is 2.24. The van der Waals surface area contributed by atoms with Gasteiger partial charge in [-0.05, 0) is 13.0 Å². The Hall–Kier alpha value is -2.57. The van der Waals surface area contributed by atoms with Crippen LogP contribution < -0.4 is 0 Å². The van der Waals surface area contributed by atoms with E-state index in [0.29, 0.717) is 0 Å². The number of Topliss-reactive ketones (excluding diaryl/α,β-unsaturated/α-hetero) is 2. The molecule has 0 bridgehead atoms. The first-order chi connectivity index (χ1) is 9.60. The molecule has 104 valence electrons. The molecule has 0 aliphatic heterocycles. The molecular formula is C13H13N3O4. The Bertz CT molecular complexity index is 607. The molecule has 0 N–H and O–H groups in total. The molecule has 0 spiro atoms. The largest absolute Gasteiger partial charge is 0.490 e. The van der Waals surface area contributed by atoms with Crippen molar-refractivity contribution < 1.29 is 19.1 Å². The number of carbonyl (C=O) groups excluding carboxylic acids is 2. The third-order valence-corrected chi connectivity index (χ3v) is 2.85. The molecular weight excluding hydrogens is 262 g/mol. The molecule has 7 nitrogen and oxygen atoms in total. The predicted octanol–water partition coefficient (Wildman–Crippen LogP) is 0.841. The van der Waals surface area contributed by atoms with Crippen molar-refractivity contribution in [3.05, 3.63) is 30.0 Å². The number of nitrogens with zero attached hydrogens (tertiary/aromatic N) is 3. The van der Waals surface area contributed by atoms with E-state index in [1.54, 1.807) is 13.0 Å². The van der Waals surface area contributed by atoms with Gasteiger partial charge in [0.15, 0.2) is 0 Å². The van der Waals surface area contributed by atoms with Crippen LogP contribution in [-0.4, -0.2) is 41.5 Å². The summed E-state index contributed by atoms with van der Waals surface area (Å²) in [5, 5.41) is 0.